The summed E-state index contributed by atoms with van der Waals surface area (Å²) in [6.45, 7) is 4.33. The number of H-pyrrole nitrogens is 1. The van der Waals surface area contributed by atoms with E-state index in [4.69, 9.17) is 12.2 Å². The van der Waals surface area contributed by atoms with Crippen LogP contribution in [0.3, 0.4) is 0 Å². The van der Waals surface area contributed by atoms with Gasteiger partial charge in [-0.25, -0.2) is 4.98 Å². The minimum Gasteiger partial charge on any atom is -0.345 e. The molecule has 0 saturated carbocycles. The average Bonchev–Trinajstić information content (AvgIpc) is 2.85. The van der Waals surface area contributed by atoms with Crippen molar-refractivity contribution in [2.75, 3.05) is 0 Å². The molecule has 0 amide bonds. The number of halogens is 1. The molecule has 104 valence electrons. The number of aromatic nitrogens is 2. The van der Waals surface area contributed by atoms with Crippen molar-refractivity contribution >= 4 is 28.1 Å². The molecule has 0 fully saturated rings. The molecule has 20 heavy (non-hydrogen) atoms. The highest BCUT2D eigenvalue weighted by Crippen LogP contribution is 2.37. The van der Waals surface area contributed by atoms with Crippen LogP contribution in [0.5, 0.6) is 0 Å². The van der Waals surface area contributed by atoms with E-state index in [1.54, 1.807) is 0 Å². The van der Waals surface area contributed by atoms with Crippen LogP contribution >= 0.6 is 28.1 Å². The Kier molecular flexibility index (Phi) is 3.78. The Morgan fingerprint density at radius 1 is 1.35 bits per heavy atom. The lowest BCUT2D eigenvalue weighted by Gasteiger charge is -2.16. The number of nitrogens with one attached hydrogen (secondary N) is 1. The zero-order valence-corrected chi connectivity index (χ0v) is 14.0. The number of rotatable bonds is 2. The molecule has 3 rings (SSSR count). The van der Waals surface area contributed by atoms with E-state index in [0.29, 0.717) is 16.5 Å². The molecule has 0 radical (unpaired) electrons. The minimum absolute atomic E-state index is 0.346. The first kappa shape index (κ1) is 14.0. The monoisotopic (exact) mass is 348 g/mol. The predicted molar refractivity (Wildman–Crippen MR) is 87.8 cm³/mol. The number of fused-ring (bicyclic) bond motifs is 1. The van der Waals surface area contributed by atoms with Gasteiger partial charge in [0, 0.05) is 11.6 Å². The maximum Gasteiger partial charge on any atom is 0.144 e. The largest absolute Gasteiger partial charge is 0.345 e. The Morgan fingerprint density at radius 3 is 2.85 bits per heavy atom. The van der Waals surface area contributed by atoms with E-state index >= 15 is 0 Å². The summed E-state index contributed by atoms with van der Waals surface area (Å²) in [5.41, 5.74) is 3.97. The van der Waals surface area contributed by atoms with Crippen molar-refractivity contribution < 1.29 is 0 Å². The number of aromatic amines is 1. The highest BCUT2D eigenvalue weighted by Gasteiger charge is 2.26. The van der Waals surface area contributed by atoms with Crippen LogP contribution in [0.2, 0.25) is 0 Å². The molecule has 1 aromatic carbocycles. The van der Waals surface area contributed by atoms with Crippen molar-refractivity contribution in [1.82, 2.24) is 9.97 Å². The van der Waals surface area contributed by atoms with Gasteiger partial charge in [-0.2, -0.15) is 0 Å². The molecule has 4 heteroatoms. The van der Waals surface area contributed by atoms with Gasteiger partial charge in [-0.15, -0.1) is 0 Å². The average molecular weight is 349 g/mol. The summed E-state index contributed by atoms with van der Waals surface area (Å²) in [7, 11) is 0. The van der Waals surface area contributed by atoms with Crippen molar-refractivity contribution in [3.8, 4) is 0 Å². The Labute approximate surface area is 132 Å². The van der Waals surface area contributed by atoms with E-state index in [2.05, 4.69) is 64.0 Å². The van der Waals surface area contributed by atoms with Crippen molar-refractivity contribution in [3.05, 3.63) is 56.0 Å². The van der Waals surface area contributed by atoms with E-state index < -0.39 is 0 Å². The van der Waals surface area contributed by atoms with Gasteiger partial charge in [0.1, 0.15) is 10.5 Å². The van der Waals surface area contributed by atoms with Crippen LogP contribution in [-0.2, 0) is 6.42 Å². The van der Waals surface area contributed by atoms with Crippen molar-refractivity contribution in [1.29, 1.82) is 0 Å². The molecular formula is C16H17BrN2S. The van der Waals surface area contributed by atoms with Gasteiger partial charge in [-0.05, 0) is 45.8 Å². The van der Waals surface area contributed by atoms with Crippen LogP contribution in [0.4, 0.5) is 0 Å². The summed E-state index contributed by atoms with van der Waals surface area (Å²) >= 11 is 8.96. The fraction of sp³-hybridized carbons (Fsp3) is 0.375. The summed E-state index contributed by atoms with van der Waals surface area (Å²) < 4.78 is 1.59. The number of hydrogen-bond acceptors (Lipinski definition) is 2. The first-order valence-electron chi connectivity index (χ1n) is 6.95. The summed E-state index contributed by atoms with van der Waals surface area (Å²) in [6, 6.07) is 8.64. The highest BCUT2D eigenvalue weighted by atomic mass is 79.9. The van der Waals surface area contributed by atoms with Gasteiger partial charge in [0.15, 0.2) is 0 Å². The number of aryl methyl sites for hydroxylation is 1. The molecule has 1 atom stereocenters. The summed E-state index contributed by atoms with van der Waals surface area (Å²) in [5, 5.41) is 0. The third kappa shape index (κ3) is 2.35. The minimum atomic E-state index is 0.346. The fourth-order valence-corrected chi connectivity index (χ4v) is 3.75. The van der Waals surface area contributed by atoms with E-state index in [1.165, 1.54) is 11.1 Å². The van der Waals surface area contributed by atoms with Gasteiger partial charge in [0.05, 0.1) is 4.47 Å². The van der Waals surface area contributed by atoms with E-state index in [1.807, 2.05) is 0 Å². The second kappa shape index (κ2) is 5.41. The van der Waals surface area contributed by atoms with Gasteiger partial charge in [0.2, 0.25) is 0 Å². The second-order valence-corrected chi connectivity index (χ2v) is 6.78. The van der Waals surface area contributed by atoms with Gasteiger partial charge in [-0.3, -0.25) is 0 Å². The summed E-state index contributed by atoms with van der Waals surface area (Å²) in [6.07, 6.45) is 2.23. The highest BCUT2D eigenvalue weighted by molar-refractivity contribution is 9.10. The van der Waals surface area contributed by atoms with Crippen molar-refractivity contribution in [2.24, 2.45) is 0 Å². The molecule has 1 aliphatic carbocycles. The maximum atomic E-state index is 5.40. The Balaban J connectivity index is 2.11. The third-order valence-electron chi connectivity index (χ3n) is 3.95. The molecule has 2 nitrogen and oxygen atoms in total. The number of nitrogens with zero attached hydrogens (tertiary/aromatic N) is 1. The van der Waals surface area contributed by atoms with Crippen LogP contribution in [0, 0.1) is 4.64 Å². The Hall–Kier alpha value is -1.00. The lowest BCUT2D eigenvalue weighted by Crippen LogP contribution is -2.08. The summed E-state index contributed by atoms with van der Waals surface area (Å²) in [5.74, 6) is 1.75. The van der Waals surface area contributed by atoms with Crippen molar-refractivity contribution in [2.45, 2.75) is 38.5 Å². The van der Waals surface area contributed by atoms with Crippen LogP contribution < -0.4 is 0 Å². The van der Waals surface area contributed by atoms with E-state index in [9.17, 15) is 0 Å². The quantitative estimate of drug-likeness (QED) is 0.764. The molecule has 1 N–H and O–H groups in total. The Bertz CT molecular complexity index is 706. The fourth-order valence-electron chi connectivity index (χ4n) is 2.90. The normalized spacial score (nSPS) is 17.5. The van der Waals surface area contributed by atoms with Gasteiger partial charge in [-0.1, -0.05) is 50.3 Å². The number of hydrogen-bond donors (Lipinski definition) is 1. The zero-order chi connectivity index (χ0) is 14.3. The molecule has 1 unspecified atom stereocenters. The lowest BCUT2D eigenvalue weighted by atomic mass is 10.00. The van der Waals surface area contributed by atoms with Crippen molar-refractivity contribution in [3.63, 3.8) is 0 Å². The molecular weight excluding hydrogens is 332 g/mol. The standard InChI is InChI=1S/C16H17BrN2S/c1-9(2)14-13(17)16(20)19-15(18-14)12-8-7-10-5-3-4-6-11(10)12/h3-6,9,12H,7-8H2,1-2H3,(H,18,19,20). The predicted octanol–water partition coefficient (Wildman–Crippen LogP) is 5.10. The maximum absolute atomic E-state index is 5.40. The molecule has 2 aromatic rings. The Morgan fingerprint density at radius 2 is 2.10 bits per heavy atom. The lowest BCUT2D eigenvalue weighted by molar-refractivity contribution is 0.697. The molecule has 1 aliphatic rings. The molecule has 0 saturated heterocycles. The van der Waals surface area contributed by atoms with Crippen LogP contribution in [0.15, 0.2) is 28.7 Å². The SMILES string of the molecule is CC(C)c1[nH]c(C2CCc3ccccc32)nc(=S)c1Br. The first-order valence-corrected chi connectivity index (χ1v) is 8.15. The molecule has 1 heterocycles. The van der Waals surface area contributed by atoms with E-state index in [-0.39, 0.29) is 0 Å². The third-order valence-corrected chi connectivity index (χ3v) is 5.31. The smallest absolute Gasteiger partial charge is 0.144 e. The number of benzene rings is 1. The molecule has 1 aromatic heterocycles. The molecule has 0 spiro atoms. The van der Waals surface area contributed by atoms with Crippen LogP contribution in [0.1, 0.15) is 54.7 Å². The first-order chi connectivity index (χ1) is 9.58. The summed E-state index contributed by atoms with van der Waals surface area (Å²) in [4.78, 5) is 8.12. The second-order valence-electron chi connectivity index (χ2n) is 5.60. The molecule has 0 aliphatic heterocycles. The van der Waals surface area contributed by atoms with Crippen LogP contribution in [0.25, 0.3) is 0 Å². The van der Waals surface area contributed by atoms with Crippen LogP contribution in [-0.4, -0.2) is 9.97 Å². The van der Waals surface area contributed by atoms with E-state index in [0.717, 1.165) is 28.8 Å². The van der Waals surface area contributed by atoms with Gasteiger partial charge >= 0.3 is 0 Å². The zero-order valence-electron chi connectivity index (χ0n) is 11.6. The topological polar surface area (TPSA) is 28.7 Å². The van der Waals surface area contributed by atoms with Gasteiger partial charge < -0.3 is 4.98 Å². The molecule has 0 bridgehead atoms. The van der Waals surface area contributed by atoms with Gasteiger partial charge in [0.25, 0.3) is 0 Å².